The maximum Gasteiger partial charge on any atom is 0.321 e. The maximum absolute atomic E-state index is 14.4. The van der Waals surface area contributed by atoms with Crippen molar-refractivity contribution in [2.45, 2.75) is 77.0 Å². The summed E-state index contributed by atoms with van der Waals surface area (Å²) < 4.78 is 46.8. The van der Waals surface area contributed by atoms with Gasteiger partial charge in [0.2, 0.25) is 0 Å². The van der Waals surface area contributed by atoms with Crippen molar-refractivity contribution in [3.8, 4) is 5.75 Å². The molecule has 2 heterocycles. The molecule has 0 radical (unpaired) electrons. The number of ether oxygens (including phenoxy) is 2. The van der Waals surface area contributed by atoms with Gasteiger partial charge in [0.1, 0.15) is 11.4 Å². The molecule has 3 amide bonds. The van der Waals surface area contributed by atoms with Gasteiger partial charge in [0.25, 0.3) is 15.9 Å². The third kappa shape index (κ3) is 9.26. The van der Waals surface area contributed by atoms with Crippen LogP contribution in [0.2, 0.25) is 0 Å². The van der Waals surface area contributed by atoms with Crippen LogP contribution in [0.5, 0.6) is 5.75 Å². The molecule has 48 heavy (non-hydrogen) atoms. The summed E-state index contributed by atoms with van der Waals surface area (Å²) >= 11 is 0. The van der Waals surface area contributed by atoms with Crippen LogP contribution >= 0.6 is 0 Å². The number of aliphatic hydroxyl groups excluding tert-OH is 1. The number of sulfonamides is 1. The number of carbonyl (C=O) groups excluding carboxylic acids is 2. The average Bonchev–Trinajstić information content (AvgIpc) is 3.40. The first-order valence-electron chi connectivity index (χ1n) is 16.2. The minimum atomic E-state index is -4.09. The number of aromatic nitrogens is 1. The molecule has 1 aliphatic rings. The van der Waals surface area contributed by atoms with E-state index in [-0.39, 0.29) is 65.3 Å². The molecule has 3 N–H and O–H groups in total. The highest BCUT2D eigenvalue weighted by Gasteiger charge is 2.32. The van der Waals surface area contributed by atoms with Crippen LogP contribution in [0.4, 0.5) is 16.2 Å². The zero-order valence-corrected chi connectivity index (χ0v) is 29.2. The number of fused-ring (bicyclic) bond motifs is 1. The Morgan fingerprint density at radius 1 is 1.12 bits per heavy atom. The van der Waals surface area contributed by atoms with Gasteiger partial charge in [-0.25, -0.2) is 13.2 Å². The molecule has 262 valence electrons. The number of anilines is 2. The Bertz CT molecular complexity index is 1630. The summed E-state index contributed by atoms with van der Waals surface area (Å²) in [6.45, 7) is 9.23. The molecule has 0 saturated carbocycles. The number of rotatable bonds is 8. The van der Waals surface area contributed by atoms with Gasteiger partial charge in [-0.1, -0.05) is 30.3 Å². The summed E-state index contributed by atoms with van der Waals surface area (Å²) in [5, 5.41) is 16.9. The number of aliphatic hydroxyl groups is 1. The fourth-order valence-electron chi connectivity index (χ4n) is 5.61. The third-order valence-electron chi connectivity index (χ3n) is 8.37. The van der Waals surface area contributed by atoms with Crippen LogP contribution in [-0.4, -0.2) is 92.0 Å². The predicted molar refractivity (Wildman–Crippen MR) is 182 cm³/mol. The van der Waals surface area contributed by atoms with E-state index in [2.05, 4.69) is 15.2 Å². The molecule has 2 aromatic carbocycles. The van der Waals surface area contributed by atoms with Crippen LogP contribution < -0.4 is 14.8 Å². The number of para-hydroxylation sites is 1. The van der Waals surface area contributed by atoms with Crippen molar-refractivity contribution < 1.29 is 37.1 Å². The number of nitrogens with one attached hydrogen (secondary N) is 2. The lowest BCUT2D eigenvalue weighted by atomic mass is 10.0. The van der Waals surface area contributed by atoms with Crippen LogP contribution in [0.25, 0.3) is 0 Å². The maximum atomic E-state index is 14.4. The summed E-state index contributed by atoms with van der Waals surface area (Å²) in [7, 11) is -2.40. The van der Waals surface area contributed by atoms with E-state index in [1.54, 1.807) is 31.0 Å². The number of aryl methyl sites for hydroxylation is 2. The van der Waals surface area contributed by atoms with Crippen LogP contribution in [-0.2, 0) is 14.8 Å². The van der Waals surface area contributed by atoms with E-state index in [1.807, 2.05) is 44.2 Å². The van der Waals surface area contributed by atoms with Crippen molar-refractivity contribution >= 4 is 33.3 Å². The van der Waals surface area contributed by atoms with Gasteiger partial charge in [0.05, 0.1) is 30.4 Å². The Labute approximate surface area is 282 Å². The van der Waals surface area contributed by atoms with E-state index >= 15 is 0 Å². The fraction of sp³-hybridized carbons (Fsp3) is 0.500. The number of hydrogen-bond donors (Lipinski definition) is 3. The van der Waals surface area contributed by atoms with Crippen LogP contribution in [0.3, 0.4) is 0 Å². The minimum absolute atomic E-state index is 0.0726. The molecular weight excluding hydrogens is 638 g/mol. The van der Waals surface area contributed by atoms with Crippen molar-refractivity contribution in [1.29, 1.82) is 0 Å². The first-order valence-corrected chi connectivity index (χ1v) is 17.7. The Morgan fingerprint density at radius 2 is 1.85 bits per heavy atom. The second kappa shape index (κ2) is 16.3. The number of carbonyl (C=O) groups is 2. The minimum Gasteiger partial charge on any atom is -0.490 e. The number of amides is 3. The van der Waals surface area contributed by atoms with E-state index in [4.69, 9.17) is 14.0 Å². The van der Waals surface area contributed by atoms with Gasteiger partial charge >= 0.3 is 6.03 Å². The van der Waals surface area contributed by atoms with Crippen LogP contribution in [0.15, 0.2) is 57.9 Å². The zero-order chi connectivity index (χ0) is 35.0. The predicted octanol–water partition coefficient (Wildman–Crippen LogP) is 5.05. The molecule has 0 unspecified atom stereocenters. The molecule has 3 aromatic rings. The summed E-state index contributed by atoms with van der Waals surface area (Å²) in [4.78, 5) is 30.4. The van der Waals surface area contributed by atoms with Crippen molar-refractivity contribution in [2.24, 2.45) is 5.92 Å². The summed E-state index contributed by atoms with van der Waals surface area (Å²) in [6, 6.07) is 12.8. The Morgan fingerprint density at radius 3 is 2.52 bits per heavy atom. The molecule has 4 rings (SSSR count). The van der Waals surface area contributed by atoms with Gasteiger partial charge in [-0.2, -0.15) is 0 Å². The standard InChI is InChI=1S/C34H47N5O8S/c1-22-19-39(23(2)21-40)33(41)29-18-28(37-48(43,44)32-25(4)36-47-26(32)5)15-16-30(29)46-24(3)12-10-11-17-45-31(22)20-38(6)34(42)35-27-13-8-7-9-14-27/h7-9,13-16,18,22-24,31,37,40H,10-12,17,19-21H2,1-6H3,(H,35,42)/t22-,23-,24-,31-/m1/s1. The van der Waals surface area contributed by atoms with Crippen molar-refractivity contribution in [1.82, 2.24) is 15.0 Å². The quantitative estimate of drug-likeness (QED) is 0.294. The SMILES string of the molecule is Cc1noc(C)c1S(=O)(=O)Nc1ccc2c(c1)C(=O)N([C@H](C)CO)C[C@@H](C)[C@@H](CN(C)C(=O)Nc1ccccc1)OCCCC[C@@H](C)O2. The first kappa shape index (κ1) is 36.7. The summed E-state index contributed by atoms with van der Waals surface area (Å²) in [6.07, 6.45) is 1.58. The molecule has 0 aliphatic carbocycles. The van der Waals surface area contributed by atoms with Crippen molar-refractivity contribution in [3.63, 3.8) is 0 Å². The second-order valence-corrected chi connectivity index (χ2v) is 14.1. The second-order valence-electron chi connectivity index (χ2n) is 12.4. The molecule has 0 spiro atoms. The highest BCUT2D eigenvalue weighted by atomic mass is 32.2. The lowest BCUT2D eigenvalue weighted by molar-refractivity contribution is -0.0115. The van der Waals surface area contributed by atoms with E-state index in [9.17, 15) is 23.1 Å². The average molecular weight is 686 g/mol. The van der Waals surface area contributed by atoms with Gasteiger partial charge in [0, 0.05) is 44.0 Å². The zero-order valence-electron chi connectivity index (χ0n) is 28.4. The van der Waals surface area contributed by atoms with Crippen LogP contribution in [0.1, 0.15) is 61.8 Å². The Kier molecular flexibility index (Phi) is 12.5. The molecule has 4 atom stereocenters. The van der Waals surface area contributed by atoms with Gasteiger partial charge in [-0.3, -0.25) is 9.52 Å². The Balaban J connectivity index is 1.64. The highest BCUT2D eigenvalue weighted by Crippen LogP contribution is 2.30. The van der Waals surface area contributed by atoms with Crippen molar-refractivity contribution in [3.05, 3.63) is 65.5 Å². The van der Waals surface area contributed by atoms with E-state index in [0.717, 1.165) is 12.8 Å². The molecule has 13 nitrogen and oxygen atoms in total. The molecule has 14 heteroatoms. The van der Waals surface area contributed by atoms with Gasteiger partial charge < -0.3 is 34.2 Å². The lowest BCUT2D eigenvalue weighted by Gasteiger charge is -2.35. The molecule has 1 aliphatic heterocycles. The van der Waals surface area contributed by atoms with E-state index in [0.29, 0.717) is 24.5 Å². The topological polar surface area (TPSA) is 164 Å². The first-order chi connectivity index (χ1) is 22.8. The smallest absolute Gasteiger partial charge is 0.321 e. The number of nitrogens with zero attached hydrogens (tertiary/aromatic N) is 3. The third-order valence-corrected chi connectivity index (χ3v) is 9.99. The van der Waals surface area contributed by atoms with Gasteiger partial charge in [0.15, 0.2) is 10.7 Å². The molecule has 0 fully saturated rings. The largest absolute Gasteiger partial charge is 0.490 e. The number of urea groups is 1. The van der Waals surface area contributed by atoms with E-state index < -0.39 is 28.1 Å². The monoisotopic (exact) mass is 685 g/mol. The Hall–Kier alpha value is -4.14. The molecular formula is C34H47N5O8S. The summed E-state index contributed by atoms with van der Waals surface area (Å²) in [5.74, 6) is -0.265. The number of benzene rings is 2. The number of likely N-dealkylation sites (N-methyl/N-ethyl adjacent to an activating group) is 1. The lowest BCUT2D eigenvalue weighted by Crippen LogP contribution is -2.48. The van der Waals surface area contributed by atoms with Crippen LogP contribution in [0, 0.1) is 19.8 Å². The normalized spacial score (nSPS) is 20.2. The van der Waals surface area contributed by atoms with Gasteiger partial charge in [-0.15, -0.1) is 0 Å². The fourth-order valence-corrected chi connectivity index (χ4v) is 6.99. The highest BCUT2D eigenvalue weighted by molar-refractivity contribution is 7.92. The van der Waals surface area contributed by atoms with Gasteiger partial charge in [-0.05, 0) is 77.3 Å². The molecule has 1 aromatic heterocycles. The molecule has 0 saturated heterocycles. The van der Waals surface area contributed by atoms with Crippen molar-refractivity contribution in [2.75, 3.05) is 43.4 Å². The molecule has 0 bridgehead atoms. The van der Waals surface area contributed by atoms with E-state index in [1.165, 1.54) is 24.8 Å². The summed E-state index contributed by atoms with van der Waals surface area (Å²) in [5.41, 5.74) is 1.17. The number of hydrogen-bond acceptors (Lipinski definition) is 9.